The molecule has 23 heavy (non-hydrogen) atoms. The fourth-order valence-electron chi connectivity index (χ4n) is 3.10. The zero-order chi connectivity index (χ0) is 16.9. The third-order valence-electron chi connectivity index (χ3n) is 4.32. The highest BCUT2D eigenvalue weighted by molar-refractivity contribution is 5.27. The van der Waals surface area contributed by atoms with Crippen molar-refractivity contribution in [2.24, 2.45) is 5.92 Å². The van der Waals surface area contributed by atoms with Crippen LogP contribution in [0.2, 0.25) is 0 Å². The van der Waals surface area contributed by atoms with Gasteiger partial charge in [-0.15, -0.1) is 0 Å². The molecule has 0 saturated carbocycles. The molecule has 0 radical (unpaired) electrons. The van der Waals surface area contributed by atoms with Crippen molar-refractivity contribution in [3.63, 3.8) is 0 Å². The van der Waals surface area contributed by atoms with Crippen LogP contribution in [0.25, 0.3) is 0 Å². The minimum Gasteiger partial charge on any atom is -0.302 e. The van der Waals surface area contributed by atoms with E-state index in [2.05, 4.69) is 94.2 Å². The standard InChI is InChI=1S/C22H31N/c1-18(16-23(5)17-20-9-7-6-8-10-20)15-19-11-13-21(14-12-19)22(2,3)4/h6-14,18H,15-17H2,1-5H3. The molecule has 1 atom stereocenters. The Hall–Kier alpha value is -1.60. The number of rotatable bonds is 6. The summed E-state index contributed by atoms with van der Waals surface area (Å²) >= 11 is 0. The van der Waals surface area contributed by atoms with Gasteiger partial charge in [0.2, 0.25) is 0 Å². The molecule has 2 aromatic rings. The molecule has 0 aromatic heterocycles. The van der Waals surface area contributed by atoms with E-state index in [4.69, 9.17) is 0 Å². The van der Waals surface area contributed by atoms with Crippen LogP contribution >= 0.6 is 0 Å². The van der Waals surface area contributed by atoms with E-state index >= 15 is 0 Å². The van der Waals surface area contributed by atoms with E-state index in [-0.39, 0.29) is 5.41 Å². The minimum atomic E-state index is 0.236. The van der Waals surface area contributed by atoms with Gasteiger partial charge in [0.25, 0.3) is 0 Å². The van der Waals surface area contributed by atoms with Crippen LogP contribution in [0.4, 0.5) is 0 Å². The van der Waals surface area contributed by atoms with Crippen LogP contribution in [0.1, 0.15) is 44.4 Å². The Morgan fingerprint density at radius 3 is 2.04 bits per heavy atom. The van der Waals surface area contributed by atoms with E-state index in [0.29, 0.717) is 5.92 Å². The fraction of sp³-hybridized carbons (Fsp3) is 0.455. The van der Waals surface area contributed by atoms with Crippen molar-refractivity contribution in [1.82, 2.24) is 4.90 Å². The van der Waals surface area contributed by atoms with Crippen molar-refractivity contribution in [2.75, 3.05) is 13.6 Å². The quantitative estimate of drug-likeness (QED) is 0.700. The minimum absolute atomic E-state index is 0.236. The molecule has 0 amide bonds. The summed E-state index contributed by atoms with van der Waals surface area (Å²) in [5.41, 5.74) is 4.48. The summed E-state index contributed by atoms with van der Waals surface area (Å²) in [6.07, 6.45) is 1.14. The van der Waals surface area contributed by atoms with Crippen molar-refractivity contribution in [3.05, 3.63) is 71.3 Å². The smallest absolute Gasteiger partial charge is 0.0230 e. The molecular weight excluding hydrogens is 278 g/mol. The summed E-state index contributed by atoms with van der Waals surface area (Å²) in [6.45, 7) is 11.3. The second-order valence-corrected chi connectivity index (χ2v) is 7.94. The average Bonchev–Trinajstić information content (AvgIpc) is 2.47. The molecule has 0 saturated heterocycles. The Morgan fingerprint density at radius 1 is 0.870 bits per heavy atom. The zero-order valence-electron chi connectivity index (χ0n) is 15.3. The maximum Gasteiger partial charge on any atom is 0.0230 e. The molecule has 0 aliphatic carbocycles. The van der Waals surface area contributed by atoms with Crippen molar-refractivity contribution in [3.8, 4) is 0 Å². The lowest BCUT2D eigenvalue weighted by molar-refractivity contribution is 0.278. The molecule has 1 unspecified atom stereocenters. The molecule has 0 N–H and O–H groups in total. The molecule has 2 aromatic carbocycles. The van der Waals surface area contributed by atoms with Crippen LogP contribution in [0.3, 0.4) is 0 Å². The highest BCUT2D eigenvalue weighted by Crippen LogP contribution is 2.23. The maximum atomic E-state index is 2.42. The van der Waals surface area contributed by atoms with Gasteiger partial charge in [-0.25, -0.2) is 0 Å². The second kappa shape index (κ2) is 7.79. The van der Waals surface area contributed by atoms with Gasteiger partial charge in [0.15, 0.2) is 0 Å². The average molecular weight is 309 g/mol. The van der Waals surface area contributed by atoms with Crippen molar-refractivity contribution < 1.29 is 0 Å². The lowest BCUT2D eigenvalue weighted by Crippen LogP contribution is -2.25. The predicted molar refractivity (Wildman–Crippen MR) is 101 cm³/mol. The molecule has 124 valence electrons. The molecule has 0 aliphatic rings. The van der Waals surface area contributed by atoms with Crippen LogP contribution in [0.15, 0.2) is 54.6 Å². The summed E-state index contributed by atoms with van der Waals surface area (Å²) in [4.78, 5) is 2.42. The number of benzene rings is 2. The monoisotopic (exact) mass is 309 g/mol. The summed E-state index contributed by atoms with van der Waals surface area (Å²) in [5.74, 6) is 0.657. The van der Waals surface area contributed by atoms with Crippen LogP contribution in [-0.4, -0.2) is 18.5 Å². The second-order valence-electron chi connectivity index (χ2n) is 7.94. The van der Waals surface area contributed by atoms with Gasteiger partial charge in [-0.05, 0) is 41.5 Å². The first-order valence-electron chi connectivity index (χ1n) is 8.66. The van der Waals surface area contributed by atoms with Gasteiger partial charge >= 0.3 is 0 Å². The third kappa shape index (κ3) is 5.84. The largest absolute Gasteiger partial charge is 0.302 e. The van der Waals surface area contributed by atoms with Gasteiger partial charge in [-0.1, -0.05) is 82.3 Å². The molecular formula is C22H31N. The Labute approximate surface area is 142 Å². The first-order valence-corrected chi connectivity index (χ1v) is 8.66. The number of hydrogen-bond acceptors (Lipinski definition) is 1. The van der Waals surface area contributed by atoms with E-state index in [1.54, 1.807) is 0 Å². The van der Waals surface area contributed by atoms with Gasteiger partial charge in [0, 0.05) is 13.1 Å². The normalized spacial score (nSPS) is 13.3. The van der Waals surface area contributed by atoms with E-state index in [1.807, 2.05) is 0 Å². The van der Waals surface area contributed by atoms with E-state index in [1.165, 1.54) is 16.7 Å². The summed E-state index contributed by atoms with van der Waals surface area (Å²) < 4.78 is 0. The van der Waals surface area contributed by atoms with Crippen LogP contribution in [0, 0.1) is 5.92 Å². The Kier molecular flexibility index (Phi) is 6.01. The van der Waals surface area contributed by atoms with Gasteiger partial charge in [0.05, 0.1) is 0 Å². The molecule has 0 aliphatic heterocycles. The van der Waals surface area contributed by atoms with E-state index in [9.17, 15) is 0 Å². The Balaban J connectivity index is 1.85. The molecule has 1 heteroatoms. The van der Waals surface area contributed by atoms with Crippen LogP contribution in [0.5, 0.6) is 0 Å². The van der Waals surface area contributed by atoms with Gasteiger partial charge in [-0.3, -0.25) is 0 Å². The van der Waals surface area contributed by atoms with Gasteiger partial charge in [0.1, 0.15) is 0 Å². The van der Waals surface area contributed by atoms with Gasteiger partial charge in [-0.2, -0.15) is 0 Å². The molecule has 2 rings (SSSR count). The van der Waals surface area contributed by atoms with E-state index < -0.39 is 0 Å². The first-order chi connectivity index (χ1) is 10.8. The fourth-order valence-corrected chi connectivity index (χ4v) is 3.10. The van der Waals surface area contributed by atoms with Gasteiger partial charge < -0.3 is 4.90 Å². The summed E-state index contributed by atoms with van der Waals surface area (Å²) in [6, 6.07) is 19.9. The first kappa shape index (κ1) is 17.7. The SMILES string of the molecule is CC(Cc1ccc(C(C)(C)C)cc1)CN(C)Cc1ccccc1. The predicted octanol–water partition coefficient (Wildman–Crippen LogP) is 5.29. The van der Waals surface area contributed by atoms with Crippen LogP contribution < -0.4 is 0 Å². The topological polar surface area (TPSA) is 3.24 Å². The van der Waals surface area contributed by atoms with Crippen molar-refractivity contribution >= 4 is 0 Å². The van der Waals surface area contributed by atoms with Crippen molar-refractivity contribution in [1.29, 1.82) is 0 Å². The molecule has 1 nitrogen and oxygen atoms in total. The van der Waals surface area contributed by atoms with E-state index in [0.717, 1.165) is 19.5 Å². The Morgan fingerprint density at radius 2 is 1.48 bits per heavy atom. The zero-order valence-corrected chi connectivity index (χ0v) is 15.3. The molecule has 0 fully saturated rings. The summed E-state index contributed by atoms with van der Waals surface area (Å²) in [7, 11) is 2.21. The number of nitrogens with zero attached hydrogens (tertiary/aromatic N) is 1. The summed E-state index contributed by atoms with van der Waals surface area (Å²) in [5, 5.41) is 0. The lowest BCUT2D eigenvalue weighted by Gasteiger charge is -2.22. The molecule has 0 heterocycles. The number of hydrogen-bond donors (Lipinski definition) is 0. The lowest BCUT2D eigenvalue weighted by atomic mass is 9.86. The van der Waals surface area contributed by atoms with Crippen LogP contribution in [-0.2, 0) is 18.4 Å². The maximum absolute atomic E-state index is 2.42. The highest BCUT2D eigenvalue weighted by atomic mass is 15.1. The van der Waals surface area contributed by atoms with Crippen molar-refractivity contribution in [2.45, 2.75) is 46.1 Å². The molecule has 0 spiro atoms. The highest BCUT2D eigenvalue weighted by Gasteiger charge is 2.13. The third-order valence-corrected chi connectivity index (χ3v) is 4.32. The molecule has 0 bridgehead atoms. The Bertz CT molecular complexity index is 578.